The van der Waals surface area contributed by atoms with Crippen molar-refractivity contribution in [3.63, 3.8) is 0 Å². The zero-order chi connectivity index (χ0) is 18.2. The van der Waals surface area contributed by atoms with Crippen molar-refractivity contribution >= 4 is 29.9 Å². The molecular formula is C20H32IN3O3. The molecule has 6 nitrogen and oxygen atoms in total. The normalized spacial score (nSPS) is 23.0. The van der Waals surface area contributed by atoms with Gasteiger partial charge >= 0.3 is 0 Å². The highest BCUT2D eigenvalue weighted by molar-refractivity contribution is 14.0. The second-order valence-electron chi connectivity index (χ2n) is 6.80. The van der Waals surface area contributed by atoms with Crippen LogP contribution >= 0.6 is 24.0 Å². The molecule has 1 aromatic rings. The fourth-order valence-electron chi connectivity index (χ4n) is 3.36. The summed E-state index contributed by atoms with van der Waals surface area (Å²) in [6, 6.07) is 8.11. The van der Waals surface area contributed by atoms with Crippen LogP contribution in [0.25, 0.3) is 0 Å². The summed E-state index contributed by atoms with van der Waals surface area (Å²) in [5.41, 5.74) is 1.23. The second-order valence-corrected chi connectivity index (χ2v) is 6.80. The van der Waals surface area contributed by atoms with Gasteiger partial charge in [-0.2, -0.15) is 0 Å². The molecule has 2 saturated heterocycles. The average molecular weight is 489 g/mol. The van der Waals surface area contributed by atoms with Crippen LogP contribution in [-0.4, -0.2) is 69.1 Å². The van der Waals surface area contributed by atoms with E-state index in [4.69, 9.17) is 19.2 Å². The van der Waals surface area contributed by atoms with Crippen LogP contribution in [0, 0.1) is 6.92 Å². The van der Waals surface area contributed by atoms with Gasteiger partial charge in [0.05, 0.1) is 19.3 Å². The standard InChI is InChI=1S/C20H31N3O3.HI/c1-3-21-20(22-10-13-24-17-8-6-16(2)7-9-17)23-11-14-26-19(15-23)18-5-4-12-25-18;/h6-9,18-19H,3-5,10-15H2,1-2H3,(H,21,22);1H. The number of nitrogens with zero attached hydrogens (tertiary/aromatic N) is 2. The number of rotatable bonds is 6. The minimum atomic E-state index is 0. The zero-order valence-corrected chi connectivity index (χ0v) is 18.7. The Bertz CT molecular complexity index is 576. The molecule has 0 radical (unpaired) electrons. The van der Waals surface area contributed by atoms with E-state index in [1.165, 1.54) is 5.56 Å². The molecule has 2 fully saturated rings. The van der Waals surface area contributed by atoms with Crippen LogP contribution in [0.3, 0.4) is 0 Å². The summed E-state index contributed by atoms with van der Waals surface area (Å²) in [5, 5.41) is 3.39. The quantitative estimate of drug-likeness (QED) is 0.288. The second kappa shape index (κ2) is 11.7. The van der Waals surface area contributed by atoms with E-state index in [2.05, 4.69) is 36.2 Å². The number of halogens is 1. The van der Waals surface area contributed by atoms with Crippen molar-refractivity contribution in [2.24, 2.45) is 4.99 Å². The molecule has 0 aromatic heterocycles. The van der Waals surface area contributed by atoms with Gasteiger partial charge in [-0.05, 0) is 38.8 Å². The van der Waals surface area contributed by atoms with Crippen LogP contribution in [0.4, 0.5) is 0 Å². The summed E-state index contributed by atoms with van der Waals surface area (Å²) in [5.74, 6) is 1.83. The number of aryl methyl sites for hydroxylation is 1. The van der Waals surface area contributed by atoms with Crippen LogP contribution in [0.5, 0.6) is 5.75 Å². The molecule has 0 spiro atoms. The Morgan fingerprint density at radius 2 is 2.00 bits per heavy atom. The first-order valence-electron chi connectivity index (χ1n) is 9.72. The minimum Gasteiger partial charge on any atom is -0.492 e. The fraction of sp³-hybridized carbons (Fsp3) is 0.650. The third-order valence-electron chi connectivity index (χ3n) is 4.75. The van der Waals surface area contributed by atoms with Crippen molar-refractivity contribution in [3.8, 4) is 5.75 Å². The van der Waals surface area contributed by atoms with Crippen LogP contribution in [0.15, 0.2) is 29.3 Å². The van der Waals surface area contributed by atoms with Gasteiger partial charge in [0.25, 0.3) is 0 Å². The molecule has 152 valence electrons. The lowest BCUT2D eigenvalue weighted by atomic mass is 10.1. The molecule has 7 heteroatoms. The molecular weight excluding hydrogens is 457 g/mol. The van der Waals surface area contributed by atoms with E-state index in [9.17, 15) is 0 Å². The predicted molar refractivity (Wildman–Crippen MR) is 118 cm³/mol. The van der Waals surface area contributed by atoms with Gasteiger partial charge in [0.2, 0.25) is 0 Å². The summed E-state index contributed by atoms with van der Waals surface area (Å²) in [6.07, 6.45) is 2.59. The van der Waals surface area contributed by atoms with E-state index in [1.807, 2.05) is 12.1 Å². The maximum Gasteiger partial charge on any atom is 0.194 e. The molecule has 2 atom stereocenters. The molecule has 27 heavy (non-hydrogen) atoms. The maximum atomic E-state index is 5.94. The third-order valence-corrected chi connectivity index (χ3v) is 4.75. The van der Waals surface area contributed by atoms with Gasteiger partial charge in [0.15, 0.2) is 5.96 Å². The van der Waals surface area contributed by atoms with Gasteiger partial charge < -0.3 is 24.4 Å². The lowest BCUT2D eigenvalue weighted by Crippen LogP contribution is -2.53. The van der Waals surface area contributed by atoms with Crippen molar-refractivity contribution in [1.82, 2.24) is 10.2 Å². The number of guanidine groups is 1. The first kappa shape index (κ1) is 22.2. The highest BCUT2D eigenvalue weighted by atomic mass is 127. The number of morpholine rings is 1. The maximum absolute atomic E-state index is 5.94. The number of aliphatic imine (C=N–C) groups is 1. The molecule has 0 saturated carbocycles. The number of benzene rings is 1. The lowest BCUT2D eigenvalue weighted by molar-refractivity contribution is -0.0817. The van der Waals surface area contributed by atoms with Crippen LogP contribution in [0.1, 0.15) is 25.3 Å². The van der Waals surface area contributed by atoms with Crippen molar-refractivity contribution in [3.05, 3.63) is 29.8 Å². The lowest BCUT2D eigenvalue weighted by Gasteiger charge is -2.37. The van der Waals surface area contributed by atoms with Crippen molar-refractivity contribution in [1.29, 1.82) is 0 Å². The molecule has 2 heterocycles. The number of nitrogens with one attached hydrogen (secondary N) is 1. The number of hydrogen-bond donors (Lipinski definition) is 1. The summed E-state index contributed by atoms with van der Waals surface area (Å²) in [6.45, 7) is 9.46. The topological polar surface area (TPSA) is 55.3 Å². The van der Waals surface area contributed by atoms with Gasteiger partial charge in [-0.25, -0.2) is 4.99 Å². The SMILES string of the molecule is CCNC(=NCCOc1ccc(C)cc1)N1CCOC(C2CCCO2)C1.I. The van der Waals surface area contributed by atoms with E-state index >= 15 is 0 Å². The molecule has 0 bridgehead atoms. The smallest absolute Gasteiger partial charge is 0.194 e. The largest absolute Gasteiger partial charge is 0.492 e. The minimum absolute atomic E-state index is 0. The van der Waals surface area contributed by atoms with Gasteiger partial charge in [-0.15, -0.1) is 24.0 Å². The van der Waals surface area contributed by atoms with Gasteiger partial charge in [0.1, 0.15) is 18.5 Å². The van der Waals surface area contributed by atoms with Crippen molar-refractivity contribution in [2.45, 2.75) is 38.9 Å². The predicted octanol–water partition coefficient (Wildman–Crippen LogP) is 2.84. The third kappa shape index (κ3) is 6.80. The fourth-order valence-corrected chi connectivity index (χ4v) is 3.36. The Hall–Kier alpha value is -1.06. The summed E-state index contributed by atoms with van der Waals surface area (Å²) in [4.78, 5) is 7.02. The molecule has 0 amide bonds. The summed E-state index contributed by atoms with van der Waals surface area (Å²) >= 11 is 0. The van der Waals surface area contributed by atoms with E-state index in [0.717, 1.165) is 57.4 Å². The Balaban J connectivity index is 0.00000261. The summed E-state index contributed by atoms with van der Waals surface area (Å²) in [7, 11) is 0. The monoisotopic (exact) mass is 489 g/mol. The van der Waals surface area contributed by atoms with Gasteiger partial charge in [-0.1, -0.05) is 17.7 Å². The molecule has 2 aliphatic rings. The number of hydrogen-bond acceptors (Lipinski definition) is 4. The number of ether oxygens (including phenoxy) is 3. The Kier molecular flexibility index (Phi) is 9.64. The molecule has 1 aromatic carbocycles. The zero-order valence-electron chi connectivity index (χ0n) is 16.4. The van der Waals surface area contributed by atoms with Crippen LogP contribution < -0.4 is 10.1 Å². The van der Waals surface area contributed by atoms with E-state index in [-0.39, 0.29) is 36.2 Å². The van der Waals surface area contributed by atoms with E-state index < -0.39 is 0 Å². The van der Waals surface area contributed by atoms with E-state index in [0.29, 0.717) is 13.2 Å². The first-order valence-corrected chi connectivity index (χ1v) is 9.72. The van der Waals surface area contributed by atoms with E-state index in [1.54, 1.807) is 0 Å². The molecule has 3 rings (SSSR count). The highest BCUT2D eigenvalue weighted by Crippen LogP contribution is 2.21. The summed E-state index contributed by atoms with van der Waals surface area (Å²) < 4.78 is 17.5. The van der Waals surface area contributed by atoms with Crippen molar-refractivity contribution in [2.75, 3.05) is 46.0 Å². The van der Waals surface area contributed by atoms with Crippen molar-refractivity contribution < 1.29 is 14.2 Å². The van der Waals surface area contributed by atoms with Gasteiger partial charge in [0, 0.05) is 26.2 Å². The molecule has 2 aliphatic heterocycles. The molecule has 0 aliphatic carbocycles. The van der Waals surface area contributed by atoms with Crippen LogP contribution in [0.2, 0.25) is 0 Å². The van der Waals surface area contributed by atoms with Gasteiger partial charge in [-0.3, -0.25) is 0 Å². The Labute approximate surface area is 179 Å². The highest BCUT2D eigenvalue weighted by Gasteiger charge is 2.32. The molecule has 1 N–H and O–H groups in total. The first-order chi connectivity index (χ1) is 12.8. The Morgan fingerprint density at radius 1 is 1.22 bits per heavy atom. The van der Waals surface area contributed by atoms with Crippen LogP contribution in [-0.2, 0) is 9.47 Å². The average Bonchev–Trinajstić information content (AvgIpc) is 3.21. The Morgan fingerprint density at radius 3 is 2.70 bits per heavy atom. The molecule has 2 unspecified atom stereocenters.